The summed E-state index contributed by atoms with van der Waals surface area (Å²) >= 11 is 12.3. The Morgan fingerprint density at radius 2 is 1.88 bits per heavy atom. The van der Waals surface area contributed by atoms with Crippen molar-refractivity contribution in [2.75, 3.05) is 0 Å². The topological polar surface area (TPSA) is 74.1 Å². The molecule has 1 amide bonds. The number of nitrogens with two attached hydrogens (primary N) is 1. The quantitative estimate of drug-likeness (QED) is 0.327. The highest BCUT2D eigenvalue weighted by Gasteiger charge is 2.23. The molecule has 4 aromatic rings. The lowest BCUT2D eigenvalue weighted by molar-refractivity contribution is 0.0999. The minimum absolute atomic E-state index is 0.103. The van der Waals surface area contributed by atoms with Gasteiger partial charge in [0.15, 0.2) is 5.76 Å². The summed E-state index contributed by atoms with van der Waals surface area (Å²) in [5.41, 5.74) is 10.2. The SMILES string of the molecule is Cc1c(C(N)=O)cc(-c2cc(-c3ccc(Cl)cc3Cl)no2)n1C(C)CCc1ccccc1. The lowest BCUT2D eigenvalue weighted by Crippen LogP contribution is -2.14. The summed E-state index contributed by atoms with van der Waals surface area (Å²) in [6.07, 6.45) is 1.79. The number of hydrogen-bond donors (Lipinski definition) is 1. The van der Waals surface area contributed by atoms with E-state index in [1.165, 1.54) is 5.56 Å². The third-order valence-electron chi connectivity index (χ3n) is 5.66. The Hall–Kier alpha value is -3.02. The van der Waals surface area contributed by atoms with E-state index >= 15 is 0 Å². The van der Waals surface area contributed by atoms with Gasteiger partial charge in [0.2, 0.25) is 0 Å². The van der Waals surface area contributed by atoms with Crippen LogP contribution in [0.5, 0.6) is 0 Å². The lowest BCUT2D eigenvalue weighted by Gasteiger charge is -2.19. The molecule has 7 heteroatoms. The van der Waals surface area contributed by atoms with Crippen molar-refractivity contribution < 1.29 is 9.32 Å². The van der Waals surface area contributed by atoms with Gasteiger partial charge in [0.25, 0.3) is 5.91 Å². The normalized spacial score (nSPS) is 12.1. The number of nitrogens with zero attached hydrogens (tertiary/aromatic N) is 2. The van der Waals surface area contributed by atoms with Gasteiger partial charge in [-0.3, -0.25) is 4.79 Å². The Labute approximate surface area is 196 Å². The van der Waals surface area contributed by atoms with E-state index < -0.39 is 5.91 Å². The van der Waals surface area contributed by atoms with Crippen molar-refractivity contribution in [1.29, 1.82) is 0 Å². The van der Waals surface area contributed by atoms with Gasteiger partial charge in [-0.15, -0.1) is 0 Å². The standard InChI is InChI=1S/C25H23Cl2N3O2/c1-15(8-9-17-6-4-3-5-7-17)30-16(2)20(25(28)31)13-23(30)24-14-22(29-32-24)19-11-10-18(26)12-21(19)27/h3-7,10-15H,8-9H2,1-2H3,(H2,28,31). The number of aryl methyl sites for hydroxylation is 1. The van der Waals surface area contributed by atoms with Crippen LogP contribution in [0.25, 0.3) is 22.7 Å². The summed E-state index contributed by atoms with van der Waals surface area (Å²) in [6.45, 7) is 4.02. The molecule has 0 radical (unpaired) electrons. The third-order valence-corrected chi connectivity index (χ3v) is 6.21. The highest BCUT2D eigenvalue weighted by atomic mass is 35.5. The van der Waals surface area contributed by atoms with Crippen molar-refractivity contribution in [2.24, 2.45) is 5.73 Å². The number of primary amides is 1. The number of carbonyl (C=O) groups excluding carboxylic acids is 1. The van der Waals surface area contributed by atoms with Crippen LogP contribution in [0.3, 0.4) is 0 Å². The average molecular weight is 468 g/mol. The average Bonchev–Trinajstić information content (AvgIpc) is 3.37. The maximum absolute atomic E-state index is 12.1. The van der Waals surface area contributed by atoms with E-state index in [-0.39, 0.29) is 6.04 Å². The second-order valence-electron chi connectivity index (χ2n) is 7.84. The molecule has 0 fully saturated rings. The Kier molecular flexibility index (Phi) is 6.40. The van der Waals surface area contributed by atoms with Crippen LogP contribution in [0.15, 0.2) is 65.2 Å². The Morgan fingerprint density at radius 1 is 1.12 bits per heavy atom. The first-order chi connectivity index (χ1) is 15.3. The first kappa shape index (κ1) is 22.2. The van der Waals surface area contributed by atoms with E-state index in [1.54, 1.807) is 24.3 Å². The molecule has 0 aliphatic heterocycles. The second kappa shape index (κ2) is 9.23. The Morgan fingerprint density at radius 3 is 2.56 bits per heavy atom. The van der Waals surface area contributed by atoms with Crippen LogP contribution in [0.4, 0.5) is 0 Å². The molecule has 0 aliphatic carbocycles. The molecule has 0 saturated carbocycles. The molecule has 1 atom stereocenters. The van der Waals surface area contributed by atoms with E-state index in [9.17, 15) is 4.79 Å². The molecular formula is C25H23Cl2N3O2. The zero-order chi connectivity index (χ0) is 22.8. The fourth-order valence-corrected chi connectivity index (χ4v) is 4.50. The summed E-state index contributed by atoms with van der Waals surface area (Å²) in [6, 6.07) is 19.2. The summed E-state index contributed by atoms with van der Waals surface area (Å²) in [7, 11) is 0. The van der Waals surface area contributed by atoms with Crippen molar-refractivity contribution in [3.05, 3.63) is 87.5 Å². The van der Waals surface area contributed by atoms with Crippen LogP contribution >= 0.6 is 23.2 Å². The molecule has 2 aromatic heterocycles. The summed E-state index contributed by atoms with van der Waals surface area (Å²) in [4.78, 5) is 12.1. The molecular weight excluding hydrogens is 445 g/mol. The van der Waals surface area contributed by atoms with Gasteiger partial charge in [0, 0.05) is 28.4 Å². The summed E-state index contributed by atoms with van der Waals surface area (Å²) in [5.74, 6) is 0.0615. The van der Waals surface area contributed by atoms with E-state index in [0.29, 0.717) is 32.6 Å². The molecule has 4 rings (SSSR count). The maximum Gasteiger partial charge on any atom is 0.250 e. The predicted octanol–water partition coefficient (Wildman–Crippen LogP) is 6.72. The van der Waals surface area contributed by atoms with Crippen molar-refractivity contribution in [2.45, 2.75) is 32.7 Å². The zero-order valence-corrected chi connectivity index (χ0v) is 19.3. The lowest BCUT2D eigenvalue weighted by atomic mass is 10.1. The zero-order valence-electron chi connectivity index (χ0n) is 17.8. The van der Waals surface area contributed by atoms with Gasteiger partial charge < -0.3 is 14.8 Å². The maximum atomic E-state index is 12.1. The van der Waals surface area contributed by atoms with E-state index in [0.717, 1.165) is 24.2 Å². The number of aromatic nitrogens is 2. The Balaban J connectivity index is 1.70. The van der Waals surface area contributed by atoms with Gasteiger partial charge in [0.05, 0.1) is 16.3 Å². The van der Waals surface area contributed by atoms with Gasteiger partial charge in [-0.05, 0) is 56.5 Å². The highest BCUT2D eigenvalue weighted by molar-refractivity contribution is 6.36. The number of benzene rings is 2. The molecule has 2 N–H and O–H groups in total. The van der Waals surface area contributed by atoms with Crippen LogP contribution < -0.4 is 5.73 Å². The minimum Gasteiger partial charge on any atom is -0.366 e. The predicted molar refractivity (Wildman–Crippen MR) is 128 cm³/mol. The van der Waals surface area contributed by atoms with Crippen LogP contribution in [0, 0.1) is 6.92 Å². The van der Waals surface area contributed by atoms with Gasteiger partial charge in [-0.25, -0.2) is 0 Å². The van der Waals surface area contributed by atoms with Crippen LogP contribution in [-0.2, 0) is 6.42 Å². The molecule has 0 saturated heterocycles. The number of hydrogen-bond acceptors (Lipinski definition) is 3. The van der Waals surface area contributed by atoms with Gasteiger partial charge in [-0.1, -0.05) is 58.7 Å². The fourth-order valence-electron chi connectivity index (χ4n) is 4.00. The Bertz CT molecular complexity index is 1260. The van der Waals surface area contributed by atoms with E-state index in [1.807, 2.05) is 31.2 Å². The largest absolute Gasteiger partial charge is 0.366 e. The molecule has 0 bridgehead atoms. The van der Waals surface area contributed by atoms with Crippen LogP contribution in [0.1, 0.15) is 41.0 Å². The molecule has 32 heavy (non-hydrogen) atoms. The van der Waals surface area contributed by atoms with Crippen molar-refractivity contribution >= 4 is 29.1 Å². The number of amides is 1. The second-order valence-corrected chi connectivity index (χ2v) is 8.68. The van der Waals surface area contributed by atoms with Crippen LogP contribution in [-0.4, -0.2) is 15.6 Å². The number of carbonyl (C=O) groups is 1. The molecule has 0 spiro atoms. The third kappa shape index (κ3) is 4.45. The first-order valence-corrected chi connectivity index (χ1v) is 11.1. The van der Waals surface area contributed by atoms with Gasteiger partial charge >= 0.3 is 0 Å². The van der Waals surface area contributed by atoms with Gasteiger partial charge in [0.1, 0.15) is 5.69 Å². The number of rotatable bonds is 7. The summed E-state index contributed by atoms with van der Waals surface area (Å²) in [5, 5.41) is 5.23. The van der Waals surface area contributed by atoms with E-state index in [4.69, 9.17) is 33.5 Å². The number of halogens is 2. The fraction of sp³-hybridized carbons (Fsp3) is 0.200. The summed E-state index contributed by atoms with van der Waals surface area (Å²) < 4.78 is 7.77. The van der Waals surface area contributed by atoms with Crippen molar-refractivity contribution in [3.63, 3.8) is 0 Å². The van der Waals surface area contributed by atoms with Crippen molar-refractivity contribution in [3.8, 4) is 22.7 Å². The molecule has 5 nitrogen and oxygen atoms in total. The first-order valence-electron chi connectivity index (χ1n) is 10.3. The monoisotopic (exact) mass is 467 g/mol. The highest BCUT2D eigenvalue weighted by Crippen LogP contribution is 2.35. The molecule has 0 aliphatic rings. The van der Waals surface area contributed by atoms with Gasteiger partial charge in [-0.2, -0.15) is 0 Å². The molecule has 2 aromatic carbocycles. The minimum atomic E-state index is -0.474. The van der Waals surface area contributed by atoms with E-state index in [2.05, 4.69) is 28.8 Å². The smallest absolute Gasteiger partial charge is 0.250 e. The molecule has 1 unspecified atom stereocenters. The van der Waals surface area contributed by atoms with Crippen LogP contribution in [0.2, 0.25) is 10.0 Å². The van der Waals surface area contributed by atoms with Crippen molar-refractivity contribution in [1.82, 2.24) is 9.72 Å². The molecule has 164 valence electrons. The molecule has 2 heterocycles.